The van der Waals surface area contributed by atoms with Gasteiger partial charge >= 0.3 is 11.9 Å². The van der Waals surface area contributed by atoms with E-state index in [0.717, 1.165) is 102 Å². The van der Waals surface area contributed by atoms with Crippen molar-refractivity contribution in [3.63, 3.8) is 0 Å². The van der Waals surface area contributed by atoms with Crippen LogP contribution in [0.15, 0.2) is 12.2 Å². The van der Waals surface area contributed by atoms with Crippen LogP contribution in [0, 0.1) is 11.8 Å². The van der Waals surface area contributed by atoms with E-state index in [9.17, 15) is 19.2 Å². The molecule has 0 aromatic rings. The summed E-state index contributed by atoms with van der Waals surface area (Å²) in [5.41, 5.74) is 0. The lowest BCUT2D eigenvalue weighted by molar-refractivity contribution is -0.155. The van der Waals surface area contributed by atoms with Crippen LogP contribution in [0.5, 0.6) is 0 Å². The quantitative estimate of drug-likeness (QED) is 0.0995. The molecule has 0 radical (unpaired) electrons. The molecule has 2 unspecified atom stereocenters. The molecule has 0 saturated heterocycles. The standard InChI is InChI=1S/C32H52O8/c1-3-5-21-37-23-19-27(31(35)25-13-9-7-10-14-25)39-29(33)17-18-30(34)40-28(20-24-38-22-6-4-2)32(36)26-15-11-8-12-16-26/h17-18,25-28H,3-16,19-24H2,1-2H3/b18-17+. The van der Waals surface area contributed by atoms with Crippen molar-refractivity contribution < 1.29 is 38.1 Å². The van der Waals surface area contributed by atoms with Gasteiger partial charge in [0.25, 0.3) is 0 Å². The third kappa shape index (κ3) is 13.5. The summed E-state index contributed by atoms with van der Waals surface area (Å²) in [4.78, 5) is 51.5. The van der Waals surface area contributed by atoms with Gasteiger partial charge in [-0.2, -0.15) is 0 Å². The molecule has 0 aliphatic heterocycles. The Morgan fingerprint density at radius 1 is 0.600 bits per heavy atom. The molecule has 228 valence electrons. The highest BCUT2D eigenvalue weighted by atomic mass is 16.6. The molecular weight excluding hydrogens is 512 g/mol. The first-order chi connectivity index (χ1) is 19.5. The molecule has 0 aromatic carbocycles. The first-order valence-electron chi connectivity index (χ1n) is 15.8. The van der Waals surface area contributed by atoms with Gasteiger partial charge in [0.1, 0.15) is 0 Å². The summed E-state index contributed by atoms with van der Waals surface area (Å²) in [6.07, 6.45) is 14.1. The van der Waals surface area contributed by atoms with Crippen LogP contribution in [-0.4, -0.2) is 62.1 Å². The summed E-state index contributed by atoms with van der Waals surface area (Å²) in [5.74, 6) is -1.91. The highest BCUT2D eigenvalue weighted by molar-refractivity contribution is 5.95. The zero-order valence-corrected chi connectivity index (χ0v) is 24.9. The Balaban J connectivity index is 1.94. The van der Waals surface area contributed by atoms with E-state index in [1.807, 2.05) is 0 Å². The zero-order chi connectivity index (χ0) is 29.0. The van der Waals surface area contributed by atoms with E-state index in [-0.39, 0.29) is 23.4 Å². The van der Waals surface area contributed by atoms with Gasteiger partial charge in [0.05, 0.1) is 13.2 Å². The minimum atomic E-state index is -0.904. The molecule has 0 aromatic heterocycles. The topological polar surface area (TPSA) is 105 Å². The molecule has 0 bridgehead atoms. The number of ether oxygens (including phenoxy) is 4. The van der Waals surface area contributed by atoms with E-state index in [2.05, 4.69) is 13.8 Å². The Hall–Kier alpha value is -2.06. The molecule has 2 fully saturated rings. The molecular formula is C32H52O8. The Kier molecular flexibility index (Phi) is 17.7. The summed E-state index contributed by atoms with van der Waals surface area (Å²) in [5, 5.41) is 0. The number of unbranched alkanes of at least 4 members (excludes halogenated alkanes) is 2. The van der Waals surface area contributed by atoms with Gasteiger partial charge in [-0.25, -0.2) is 9.59 Å². The molecule has 2 atom stereocenters. The molecule has 0 spiro atoms. The molecule has 0 N–H and O–H groups in total. The van der Waals surface area contributed by atoms with E-state index in [0.29, 0.717) is 39.3 Å². The Morgan fingerprint density at radius 3 is 1.32 bits per heavy atom. The fourth-order valence-electron chi connectivity index (χ4n) is 5.39. The molecule has 8 nitrogen and oxygen atoms in total. The number of carbonyl (C=O) groups is 4. The fraction of sp³-hybridized carbons (Fsp3) is 0.812. The van der Waals surface area contributed by atoms with Crippen LogP contribution in [0.2, 0.25) is 0 Å². The van der Waals surface area contributed by atoms with Gasteiger partial charge in [-0.15, -0.1) is 0 Å². The van der Waals surface area contributed by atoms with E-state index in [1.54, 1.807) is 0 Å². The molecule has 2 aliphatic carbocycles. The van der Waals surface area contributed by atoms with Crippen molar-refractivity contribution in [2.24, 2.45) is 11.8 Å². The predicted molar refractivity (Wildman–Crippen MR) is 153 cm³/mol. The Labute approximate surface area is 240 Å². The van der Waals surface area contributed by atoms with Gasteiger partial charge in [0.2, 0.25) is 0 Å². The van der Waals surface area contributed by atoms with Crippen LogP contribution in [0.1, 0.15) is 117 Å². The Morgan fingerprint density at radius 2 is 0.975 bits per heavy atom. The van der Waals surface area contributed by atoms with Crippen molar-refractivity contribution in [3.8, 4) is 0 Å². The second kappa shape index (κ2) is 20.8. The lowest BCUT2D eigenvalue weighted by atomic mass is 9.84. The van der Waals surface area contributed by atoms with Gasteiger partial charge < -0.3 is 18.9 Å². The van der Waals surface area contributed by atoms with Gasteiger partial charge in [0.15, 0.2) is 23.8 Å². The summed E-state index contributed by atoms with van der Waals surface area (Å²) >= 11 is 0. The summed E-state index contributed by atoms with van der Waals surface area (Å²) in [7, 11) is 0. The van der Waals surface area contributed by atoms with E-state index < -0.39 is 24.1 Å². The van der Waals surface area contributed by atoms with Crippen LogP contribution in [0.3, 0.4) is 0 Å². The normalized spacial score (nSPS) is 18.4. The van der Waals surface area contributed by atoms with Crippen molar-refractivity contribution in [3.05, 3.63) is 12.2 Å². The first kappa shape index (κ1) is 34.1. The van der Waals surface area contributed by atoms with E-state index >= 15 is 0 Å². The second-order valence-corrected chi connectivity index (χ2v) is 11.2. The number of esters is 2. The number of ketones is 2. The lowest BCUT2D eigenvalue weighted by Gasteiger charge is -2.25. The number of hydrogen-bond acceptors (Lipinski definition) is 8. The SMILES string of the molecule is CCCCOCCC(OC(=O)/C=C/C(=O)OC(CCOCCCC)C(=O)C1CCCCC1)C(=O)C1CCCCC1. The van der Waals surface area contributed by atoms with Crippen molar-refractivity contribution in [1.82, 2.24) is 0 Å². The molecule has 2 rings (SSSR count). The van der Waals surface area contributed by atoms with Crippen LogP contribution in [0.25, 0.3) is 0 Å². The third-order valence-electron chi connectivity index (χ3n) is 7.86. The highest BCUT2D eigenvalue weighted by Crippen LogP contribution is 2.28. The van der Waals surface area contributed by atoms with Gasteiger partial charge in [-0.3, -0.25) is 9.59 Å². The smallest absolute Gasteiger partial charge is 0.331 e. The molecule has 0 heterocycles. The Bertz CT molecular complexity index is 716. The number of Topliss-reactive ketones (excluding diaryl/α,β-unsaturated/α-hetero) is 2. The number of rotatable bonds is 20. The maximum Gasteiger partial charge on any atom is 0.331 e. The van der Waals surface area contributed by atoms with Crippen molar-refractivity contribution >= 4 is 23.5 Å². The summed E-state index contributed by atoms with van der Waals surface area (Å²) in [6.45, 7) is 6.01. The van der Waals surface area contributed by atoms with E-state index in [1.165, 1.54) is 0 Å². The fourth-order valence-corrected chi connectivity index (χ4v) is 5.39. The lowest BCUT2D eigenvalue weighted by Crippen LogP contribution is -2.35. The average Bonchev–Trinajstić information content (AvgIpc) is 2.98. The van der Waals surface area contributed by atoms with Crippen molar-refractivity contribution in [2.75, 3.05) is 26.4 Å². The van der Waals surface area contributed by atoms with Gasteiger partial charge in [0, 0.05) is 50.0 Å². The van der Waals surface area contributed by atoms with Crippen LogP contribution < -0.4 is 0 Å². The maximum absolute atomic E-state index is 13.1. The molecule has 0 amide bonds. The number of hydrogen-bond donors (Lipinski definition) is 0. The van der Waals surface area contributed by atoms with Crippen molar-refractivity contribution in [1.29, 1.82) is 0 Å². The minimum absolute atomic E-state index is 0.0654. The monoisotopic (exact) mass is 564 g/mol. The maximum atomic E-state index is 13.1. The molecule has 8 heteroatoms. The van der Waals surface area contributed by atoms with Gasteiger partial charge in [-0.05, 0) is 38.5 Å². The van der Waals surface area contributed by atoms with Crippen molar-refractivity contribution in [2.45, 2.75) is 129 Å². The zero-order valence-electron chi connectivity index (χ0n) is 24.9. The van der Waals surface area contributed by atoms with E-state index in [4.69, 9.17) is 18.9 Å². The predicted octanol–water partition coefficient (Wildman–Crippen LogP) is 6.08. The number of carbonyl (C=O) groups excluding carboxylic acids is 4. The average molecular weight is 565 g/mol. The minimum Gasteiger partial charge on any atom is -0.451 e. The first-order valence-corrected chi connectivity index (χ1v) is 15.8. The second-order valence-electron chi connectivity index (χ2n) is 11.2. The molecule has 2 aliphatic rings. The molecule has 2 saturated carbocycles. The van der Waals surface area contributed by atoms with Crippen LogP contribution >= 0.6 is 0 Å². The third-order valence-corrected chi connectivity index (χ3v) is 7.86. The van der Waals surface area contributed by atoms with Gasteiger partial charge in [-0.1, -0.05) is 65.2 Å². The van der Waals surface area contributed by atoms with Crippen LogP contribution in [0.4, 0.5) is 0 Å². The highest BCUT2D eigenvalue weighted by Gasteiger charge is 2.32. The van der Waals surface area contributed by atoms with Crippen LogP contribution in [-0.2, 0) is 38.1 Å². The largest absolute Gasteiger partial charge is 0.451 e. The summed E-state index contributed by atoms with van der Waals surface area (Å²) < 4.78 is 22.3. The molecule has 40 heavy (non-hydrogen) atoms. The summed E-state index contributed by atoms with van der Waals surface area (Å²) in [6, 6.07) is 0.